The molecule has 0 bridgehead atoms. The lowest BCUT2D eigenvalue weighted by molar-refractivity contribution is -0.115. The highest BCUT2D eigenvalue weighted by Gasteiger charge is 1.99. The zero-order valence-electron chi connectivity index (χ0n) is 7.30. The molecule has 0 heterocycles. The lowest BCUT2D eigenvalue weighted by atomic mass is 10.3. The summed E-state index contributed by atoms with van der Waals surface area (Å²) in [4.78, 5) is 11.1. The summed E-state index contributed by atoms with van der Waals surface area (Å²) in [5, 5.41) is 6.07. The first-order valence-electron chi connectivity index (χ1n) is 3.92. The Morgan fingerprint density at radius 1 is 1.54 bits per heavy atom. The van der Waals surface area contributed by atoms with E-state index in [0.717, 1.165) is 0 Å². The second-order valence-electron chi connectivity index (χ2n) is 2.59. The minimum absolute atomic E-state index is 0.0789. The smallest absolute Gasteiger partial charge is 0.238 e. The second kappa shape index (κ2) is 4.84. The monoisotopic (exact) mass is 198 g/mol. The van der Waals surface area contributed by atoms with E-state index in [4.69, 9.17) is 11.6 Å². The molecule has 1 aromatic carbocycles. The summed E-state index contributed by atoms with van der Waals surface area (Å²) in [6.07, 6.45) is 0. The van der Waals surface area contributed by atoms with Gasteiger partial charge in [-0.25, -0.2) is 0 Å². The third-order valence-electron chi connectivity index (χ3n) is 1.45. The largest absolute Gasteiger partial charge is 0.325 e. The predicted molar refractivity (Wildman–Crippen MR) is 54.0 cm³/mol. The number of likely N-dealkylation sites (N-methyl/N-ethyl adjacent to an activating group) is 1. The number of anilines is 1. The summed E-state index contributed by atoms with van der Waals surface area (Å²) in [6.45, 7) is 0.298. The normalized spacial score (nSPS) is 9.69. The van der Waals surface area contributed by atoms with Gasteiger partial charge in [-0.2, -0.15) is 0 Å². The SMILES string of the molecule is CNCC(=O)Nc1cccc(Cl)c1. The highest BCUT2D eigenvalue weighted by atomic mass is 35.5. The Labute approximate surface area is 82.1 Å². The van der Waals surface area contributed by atoms with E-state index < -0.39 is 0 Å². The molecule has 2 N–H and O–H groups in total. The summed E-state index contributed by atoms with van der Waals surface area (Å²) < 4.78 is 0. The maximum atomic E-state index is 11.1. The van der Waals surface area contributed by atoms with Crippen molar-refractivity contribution in [3.63, 3.8) is 0 Å². The van der Waals surface area contributed by atoms with Crippen molar-refractivity contribution in [3.8, 4) is 0 Å². The van der Waals surface area contributed by atoms with Gasteiger partial charge in [-0.1, -0.05) is 17.7 Å². The average Bonchev–Trinajstić information content (AvgIpc) is 2.04. The van der Waals surface area contributed by atoms with Gasteiger partial charge < -0.3 is 10.6 Å². The Bertz CT molecular complexity index is 301. The molecule has 1 rings (SSSR count). The predicted octanol–water partition coefficient (Wildman–Crippen LogP) is 1.50. The van der Waals surface area contributed by atoms with Crippen LogP contribution in [0.5, 0.6) is 0 Å². The van der Waals surface area contributed by atoms with Crippen LogP contribution in [0.1, 0.15) is 0 Å². The topological polar surface area (TPSA) is 41.1 Å². The molecular formula is C9H11ClN2O. The van der Waals surface area contributed by atoms with Gasteiger partial charge in [-0.05, 0) is 25.2 Å². The van der Waals surface area contributed by atoms with Crippen LogP contribution >= 0.6 is 11.6 Å². The van der Waals surface area contributed by atoms with E-state index in [9.17, 15) is 4.79 Å². The van der Waals surface area contributed by atoms with E-state index in [1.807, 2.05) is 0 Å². The van der Waals surface area contributed by atoms with Gasteiger partial charge in [0.2, 0.25) is 5.91 Å². The zero-order valence-corrected chi connectivity index (χ0v) is 8.06. The number of nitrogens with one attached hydrogen (secondary N) is 2. The highest BCUT2D eigenvalue weighted by Crippen LogP contribution is 2.14. The number of rotatable bonds is 3. The first-order chi connectivity index (χ1) is 6.22. The Hall–Kier alpha value is -1.06. The minimum atomic E-state index is -0.0789. The number of hydrogen-bond donors (Lipinski definition) is 2. The second-order valence-corrected chi connectivity index (χ2v) is 3.03. The first kappa shape index (κ1) is 10.0. The zero-order chi connectivity index (χ0) is 9.68. The quantitative estimate of drug-likeness (QED) is 0.773. The number of halogens is 1. The number of amides is 1. The molecule has 0 saturated carbocycles. The standard InChI is InChI=1S/C9H11ClN2O/c1-11-6-9(13)12-8-4-2-3-7(10)5-8/h2-5,11H,6H2,1H3,(H,12,13). The number of carbonyl (C=O) groups excluding carboxylic acids is 1. The van der Waals surface area contributed by atoms with Crippen molar-refractivity contribution in [1.29, 1.82) is 0 Å². The molecule has 0 spiro atoms. The molecule has 0 radical (unpaired) electrons. The third kappa shape index (κ3) is 3.44. The van der Waals surface area contributed by atoms with Gasteiger partial charge in [-0.3, -0.25) is 4.79 Å². The van der Waals surface area contributed by atoms with Crippen molar-refractivity contribution in [1.82, 2.24) is 5.32 Å². The molecule has 0 aliphatic rings. The first-order valence-corrected chi connectivity index (χ1v) is 4.30. The van der Waals surface area contributed by atoms with Crippen molar-refractivity contribution >= 4 is 23.2 Å². The lowest BCUT2D eigenvalue weighted by Crippen LogP contribution is -2.24. The van der Waals surface area contributed by atoms with Gasteiger partial charge in [-0.15, -0.1) is 0 Å². The summed E-state index contributed by atoms with van der Waals surface area (Å²) in [5.74, 6) is -0.0789. The molecule has 0 fully saturated rings. The van der Waals surface area contributed by atoms with Gasteiger partial charge in [0.05, 0.1) is 6.54 Å². The van der Waals surface area contributed by atoms with Crippen LogP contribution in [0.25, 0.3) is 0 Å². The van der Waals surface area contributed by atoms with Crippen molar-refractivity contribution in [2.24, 2.45) is 0 Å². The van der Waals surface area contributed by atoms with E-state index in [0.29, 0.717) is 17.3 Å². The van der Waals surface area contributed by atoms with Crippen LogP contribution in [-0.2, 0) is 4.79 Å². The number of hydrogen-bond acceptors (Lipinski definition) is 2. The van der Waals surface area contributed by atoms with E-state index >= 15 is 0 Å². The van der Waals surface area contributed by atoms with Crippen molar-refractivity contribution in [2.75, 3.05) is 18.9 Å². The molecule has 0 aliphatic heterocycles. The minimum Gasteiger partial charge on any atom is -0.325 e. The molecule has 0 aliphatic carbocycles. The molecular weight excluding hydrogens is 188 g/mol. The maximum absolute atomic E-state index is 11.1. The molecule has 1 aromatic rings. The van der Waals surface area contributed by atoms with Crippen LogP contribution in [0.4, 0.5) is 5.69 Å². The van der Waals surface area contributed by atoms with Gasteiger partial charge in [0.1, 0.15) is 0 Å². The highest BCUT2D eigenvalue weighted by molar-refractivity contribution is 6.30. The Balaban J connectivity index is 2.58. The van der Waals surface area contributed by atoms with Gasteiger partial charge in [0.15, 0.2) is 0 Å². The number of benzene rings is 1. The fourth-order valence-corrected chi connectivity index (χ4v) is 1.12. The molecule has 0 atom stereocenters. The third-order valence-corrected chi connectivity index (χ3v) is 1.68. The van der Waals surface area contributed by atoms with Crippen molar-refractivity contribution in [3.05, 3.63) is 29.3 Å². The fourth-order valence-electron chi connectivity index (χ4n) is 0.932. The molecule has 3 nitrogen and oxygen atoms in total. The Morgan fingerprint density at radius 3 is 2.92 bits per heavy atom. The Morgan fingerprint density at radius 2 is 2.31 bits per heavy atom. The van der Waals surface area contributed by atoms with Crippen LogP contribution in [-0.4, -0.2) is 19.5 Å². The summed E-state index contributed by atoms with van der Waals surface area (Å²) in [6, 6.07) is 7.04. The molecule has 0 saturated heterocycles. The molecule has 4 heteroatoms. The summed E-state index contributed by atoms with van der Waals surface area (Å²) in [5.41, 5.74) is 0.716. The lowest BCUT2D eigenvalue weighted by Gasteiger charge is -2.04. The molecule has 0 aromatic heterocycles. The average molecular weight is 199 g/mol. The molecule has 70 valence electrons. The van der Waals surface area contributed by atoms with Crippen LogP contribution in [0.15, 0.2) is 24.3 Å². The van der Waals surface area contributed by atoms with Crippen LogP contribution < -0.4 is 10.6 Å². The fraction of sp³-hybridized carbons (Fsp3) is 0.222. The van der Waals surface area contributed by atoms with E-state index in [1.54, 1.807) is 31.3 Å². The van der Waals surface area contributed by atoms with Crippen molar-refractivity contribution in [2.45, 2.75) is 0 Å². The summed E-state index contributed by atoms with van der Waals surface area (Å²) in [7, 11) is 1.72. The van der Waals surface area contributed by atoms with Crippen LogP contribution in [0, 0.1) is 0 Å². The molecule has 13 heavy (non-hydrogen) atoms. The Kier molecular flexibility index (Phi) is 3.73. The van der Waals surface area contributed by atoms with E-state index in [-0.39, 0.29) is 5.91 Å². The van der Waals surface area contributed by atoms with Crippen LogP contribution in [0.3, 0.4) is 0 Å². The van der Waals surface area contributed by atoms with Gasteiger partial charge >= 0.3 is 0 Å². The van der Waals surface area contributed by atoms with Crippen LogP contribution in [0.2, 0.25) is 5.02 Å². The molecule has 1 amide bonds. The van der Waals surface area contributed by atoms with Gasteiger partial charge in [0.25, 0.3) is 0 Å². The van der Waals surface area contributed by atoms with E-state index in [2.05, 4.69) is 10.6 Å². The summed E-state index contributed by atoms with van der Waals surface area (Å²) >= 11 is 5.74. The molecule has 0 unspecified atom stereocenters. The maximum Gasteiger partial charge on any atom is 0.238 e. The van der Waals surface area contributed by atoms with E-state index in [1.165, 1.54) is 0 Å². The number of carbonyl (C=O) groups is 1. The van der Waals surface area contributed by atoms with Crippen molar-refractivity contribution < 1.29 is 4.79 Å². The van der Waals surface area contributed by atoms with Gasteiger partial charge in [0, 0.05) is 10.7 Å².